The number of anilines is 2. The Morgan fingerprint density at radius 1 is 0.892 bits per heavy atom. The van der Waals surface area contributed by atoms with Crippen LogP contribution in [0.5, 0.6) is 5.75 Å². The van der Waals surface area contributed by atoms with Crippen LogP contribution in [0.2, 0.25) is 0 Å². The molecule has 2 heterocycles. The normalized spacial score (nSPS) is 14.3. The average molecular weight is 517 g/mol. The van der Waals surface area contributed by atoms with Crippen LogP contribution < -0.4 is 14.4 Å². The molecule has 1 N–H and O–H groups in total. The van der Waals surface area contributed by atoms with E-state index in [1.807, 2.05) is 41.3 Å². The molecule has 0 radical (unpaired) electrons. The van der Waals surface area contributed by atoms with Gasteiger partial charge in [-0.3, -0.25) is 14.5 Å². The number of hydrogen-bond donors (Lipinski definition) is 1. The van der Waals surface area contributed by atoms with Gasteiger partial charge in [0.05, 0.1) is 18.3 Å². The third-order valence-electron chi connectivity index (χ3n) is 6.48. The first kappa shape index (κ1) is 24.6. The molecule has 0 spiro atoms. The van der Waals surface area contributed by atoms with Crippen molar-refractivity contribution < 1.29 is 17.9 Å². The number of carbonyl (C=O) groups is 1. The van der Waals surface area contributed by atoms with Gasteiger partial charge in [-0.1, -0.05) is 30.3 Å². The summed E-state index contributed by atoms with van der Waals surface area (Å²) in [4.78, 5) is 21.7. The summed E-state index contributed by atoms with van der Waals surface area (Å²) >= 11 is 0. The van der Waals surface area contributed by atoms with Crippen molar-refractivity contribution in [2.45, 2.75) is 11.3 Å². The number of amides is 1. The van der Waals surface area contributed by atoms with Gasteiger partial charge in [-0.25, -0.2) is 8.42 Å². The fraction of sp³-hybridized carbons (Fsp3) is 0.214. The highest BCUT2D eigenvalue weighted by atomic mass is 32.2. The van der Waals surface area contributed by atoms with Crippen LogP contribution in [0.15, 0.2) is 90.0 Å². The van der Waals surface area contributed by atoms with Crippen molar-refractivity contribution in [3.05, 3.63) is 90.6 Å². The molecule has 1 aromatic heterocycles. The molecular weight excluding hydrogens is 488 g/mol. The molecule has 0 atom stereocenters. The molecular formula is C28H28N4O4S. The summed E-state index contributed by atoms with van der Waals surface area (Å²) in [5.41, 5.74) is 2.33. The lowest BCUT2D eigenvalue weighted by atomic mass is 10.2. The lowest BCUT2D eigenvalue weighted by Gasteiger charge is -2.25. The van der Waals surface area contributed by atoms with Crippen molar-refractivity contribution >= 4 is 38.2 Å². The van der Waals surface area contributed by atoms with Crippen LogP contribution in [0.4, 0.5) is 11.4 Å². The minimum Gasteiger partial charge on any atom is -0.495 e. The van der Waals surface area contributed by atoms with Crippen molar-refractivity contribution in [3.8, 4) is 5.75 Å². The zero-order valence-electron chi connectivity index (χ0n) is 20.5. The van der Waals surface area contributed by atoms with E-state index in [2.05, 4.69) is 14.6 Å². The Morgan fingerprint density at radius 2 is 1.68 bits per heavy atom. The molecule has 0 bridgehead atoms. The predicted molar refractivity (Wildman–Crippen MR) is 145 cm³/mol. The van der Waals surface area contributed by atoms with Gasteiger partial charge < -0.3 is 14.5 Å². The maximum Gasteiger partial charge on any atom is 0.264 e. The number of pyridine rings is 1. The maximum absolute atomic E-state index is 13.2. The molecule has 3 aromatic carbocycles. The standard InChI is InChI=1S/C28H28N4O4S/c1-36-25-10-3-2-9-24(25)31-17-6-18-32(20-19-31)28(33)22-12-14-23(15-13-22)30-37(34,35)26-11-4-7-21-8-5-16-29-27(21)26/h2-5,7-16,30H,6,17-20H2,1H3. The lowest BCUT2D eigenvalue weighted by molar-refractivity contribution is 0.0767. The Morgan fingerprint density at radius 3 is 2.49 bits per heavy atom. The van der Waals surface area contributed by atoms with Gasteiger partial charge in [-0.05, 0) is 55.0 Å². The Labute approximate surface area is 216 Å². The summed E-state index contributed by atoms with van der Waals surface area (Å²) < 4.78 is 34.3. The lowest BCUT2D eigenvalue weighted by Crippen LogP contribution is -2.35. The number of nitrogens with zero attached hydrogens (tertiary/aromatic N) is 3. The number of fused-ring (bicyclic) bond motifs is 1. The quantitative estimate of drug-likeness (QED) is 0.409. The monoisotopic (exact) mass is 516 g/mol. The number of para-hydroxylation sites is 3. The van der Waals surface area contributed by atoms with E-state index >= 15 is 0 Å². The highest BCUT2D eigenvalue weighted by Gasteiger charge is 2.23. The second-order valence-electron chi connectivity index (χ2n) is 8.82. The summed E-state index contributed by atoms with van der Waals surface area (Å²) in [5.74, 6) is 0.745. The van der Waals surface area contributed by atoms with Gasteiger partial charge in [0, 0.05) is 49.0 Å². The van der Waals surface area contributed by atoms with Gasteiger partial charge in [-0.2, -0.15) is 0 Å². The molecule has 4 aromatic rings. The Balaban J connectivity index is 1.27. The van der Waals surface area contributed by atoms with Gasteiger partial charge in [0.25, 0.3) is 15.9 Å². The third kappa shape index (κ3) is 5.22. The number of nitrogens with one attached hydrogen (secondary N) is 1. The zero-order valence-corrected chi connectivity index (χ0v) is 21.3. The number of carbonyl (C=O) groups excluding carboxylic acids is 1. The predicted octanol–water partition coefficient (Wildman–Crippen LogP) is 4.40. The zero-order chi connectivity index (χ0) is 25.8. The summed E-state index contributed by atoms with van der Waals surface area (Å²) in [5, 5.41) is 0.744. The number of hydrogen-bond acceptors (Lipinski definition) is 6. The van der Waals surface area contributed by atoms with Crippen molar-refractivity contribution in [3.63, 3.8) is 0 Å². The van der Waals surface area contributed by atoms with Crippen molar-refractivity contribution in [2.75, 3.05) is 42.9 Å². The van der Waals surface area contributed by atoms with Crippen LogP contribution in [-0.2, 0) is 10.0 Å². The first-order valence-electron chi connectivity index (χ1n) is 12.1. The minimum atomic E-state index is -3.86. The van der Waals surface area contributed by atoms with Crippen LogP contribution in [0.3, 0.4) is 0 Å². The molecule has 0 aliphatic carbocycles. The molecule has 37 heavy (non-hydrogen) atoms. The van der Waals surface area contributed by atoms with Gasteiger partial charge in [0.1, 0.15) is 10.6 Å². The van der Waals surface area contributed by atoms with Gasteiger partial charge in [-0.15, -0.1) is 0 Å². The smallest absolute Gasteiger partial charge is 0.264 e. The molecule has 9 heteroatoms. The molecule has 5 rings (SSSR count). The summed E-state index contributed by atoms with van der Waals surface area (Å²) in [7, 11) is -2.20. The van der Waals surface area contributed by atoms with Crippen LogP contribution in [0.25, 0.3) is 10.9 Å². The Kier molecular flexibility index (Phi) is 6.96. The fourth-order valence-electron chi connectivity index (χ4n) is 4.62. The first-order chi connectivity index (χ1) is 18.0. The summed E-state index contributed by atoms with van der Waals surface area (Å²) in [6.07, 6.45) is 2.40. The summed E-state index contributed by atoms with van der Waals surface area (Å²) in [6, 6.07) is 23.1. The number of aromatic nitrogens is 1. The Hall–Kier alpha value is -4.11. The SMILES string of the molecule is COc1ccccc1N1CCCN(C(=O)c2ccc(NS(=O)(=O)c3cccc4cccnc34)cc2)CC1. The molecule has 190 valence electrons. The molecule has 8 nitrogen and oxygen atoms in total. The van der Waals surface area contributed by atoms with Crippen molar-refractivity contribution in [1.29, 1.82) is 0 Å². The second-order valence-corrected chi connectivity index (χ2v) is 10.5. The minimum absolute atomic E-state index is 0.0745. The second kappa shape index (κ2) is 10.5. The maximum atomic E-state index is 13.2. The molecule has 1 saturated heterocycles. The molecule has 1 aliphatic rings. The molecule has 0 unspecified atom stereocenters. The van der Waals surface area contributed by atoms with E-state index in [0.717, 1.165) is 29.8 Å². The number of ether oxygens (including phenoxy) is 1. The van der Waals surface area contributed by atoms with E-state index in [1.54, 1.807) is 49.7 Å². The molecule has 1 aliphatic heterocycles. The summed E-state index contributed by atoms with van der Waals surface area (Å²) in [6.45, 7) is 2.75. The number of benzene rings is 3. The number of rotatable bonds is 6. The van der Waals surface area contributed by atoms with Crippen LogP contribution in [0.1, 0.15) is 16.8 Å². The first-order valence-corrected chi connectivity index (χ1v) is 13.6. The Bertz CT molecular complexity index is 1520. The number of methoxy groups -OCH3 is 1. The van der Waals surface area contributed by atoms with E-state index < -0.39 is 10.0 Å². The average Bonchev–Trinajstić information content (AvgIpc) is 3.19. The highest BCUT2D eigenvalue weighted by molar-refractivity contribution is 7.93. The van der Waals surface area contributed by atoms with E-state index in [9.17, 15) is 13.2 Å². The van der Waals surface area contributed by atoms with Crippen LogP contribution in [-0.4, -0.2) is 57.5 Å². The largest absolute Gasteiger partial charge is 0.495 e. The molecule has 0 saturated carbocycles. The van der Waals surface area contributed by atoms with Crippen LogP contribution >= 0.6 is 0 Å². The third-order valence-corrected chi connectivity index (χ3v) is 7.89. The fourth-order valence-corrected chi connectivity index (χ4v) is 5.86. The van der Waals surface area contributed by atoms with Gasteiger partial charge in [0.15, 0.2) is 0 Å². The van der Waals surface area contributed by atoms with Crippen molar-refractivity contribution in [1.82, 2.24) is 9.88 Å². The van der Waals surface area contributed by atoms with E-state index in [0.29, 0.717) is 36.4 Å². The highest BCUT2D eigenvalue weighted by Crippen LogP contribution is 2.29. The van der Waals surface area contributed by atoms with Gasteiger partial charge in [0.2, 0.25) is 0 Å². The topological polar surface area (TPSA) is 91.8 Å². The van der Waals surface area contributed by atoms with Gasteiger partial charge >= 0.3 is 0 Å². The number of sulfonamides is 1. The van der Waals surface area contributed by atoms with E-state index in [-0.39, 0.29) is 10.8 Å². The molecule has 1 amide bonds. The van der Waals surface area contributed by atoms with Crippen molar-refractivity contribution in [2.24, 2.45) is 0 Å². The van der Waals surface area contributed by atoms with E-state index in [4.69, 9.17) is 4.74 Å². The molecule has 1 fully saturated rings. The van der Waals surface area contributed by atoms with E-state index in [1.165, 1.54) is 6.07 Å². The van der Waals surface area contributed by atoms with Crippen LogP contribution in [0, 0.1) is 0 Å².